The summed E-state index contributed by atoms with van der Waals surface area (Å²) in [7, 11) is 1.91. The van der Waals surface area contributed by atoms with E-state index in [1.165, 1.54) is 0 Å². The number of nitrogens with one attached hydrogen (secondary N) is 1. The fourth-order valence-electron chi connectivity index (χ4n) is 1.57. The van der Waals surface area contributed by atoms with E-state index >= 15 is 0 Å². The van der Waals surface area contributed by atoms with Crippen molar-refractivity contribution in [2.45, 2.75) is 19.6 Å². The van der Waals surface area contributed by atoms with Gasteiger partial charge in [-0.2, -0.15) is 0 Å². The molecule has 0 aliphatic rings. The lowest BCUT2D eigenvalue weighted by molar-refractivity contribution is -0.117. The van der Waals surface area contributed by atoms with Crippen LogP contribution >= 0.6 is 0 Å². The predicted octanol–water partition coefficient (Wildman–Crippen LogP) is 1.28. The summed E-state index contributed by atoms with van der Waals surface area (Å²) in [6.45, 7) is 2.04. The summed E-state index contributed by atoms with van der Waals surface area (Å²) in [6.07, 6.45) is 3.59. The molecule has 0 saturated heterocycles. The molecule has 2 rings (SSSR count). The number of carbonyl (C=O) groups is 1. The van der Waals surface area contributed by atoms with Crippen LogP contribution in [0.25, 0.3) is 0 Å². The molecule has 6 heteroatoms. The van der Waals surface area contributed by atoms with Crippen molar-refractivity contribution < 1.29 is 9.53 Å². The predicted molar refractivity (Wildman–Crippen MR) is 76.3 cm³/mol. The second-order valence-corrected chi connectivity index (χ2v) is 4.55. The highest BCUT2D eigenvalue weighted by Gasteiger charge is 2.07. The molecule has 0 fully saturated rings. The largest absolute Gasteiger partial charge is 0.486 e. The van der Waals surface area contributed by atoms with E-state index < -0.39 is 6.04 Å². The Morgan fingerprint density at radius 2 is 2.15 bits per heavy atom. The minimum atomic E-state index is -0.533. The number of benzene rings is 1. The Hall–Kier alpha value is -2.34. The second kappa shape index (κ2) is 6.21. The van der Waals surface area contributed by atoms with Crippen molar-refractivity contribution >= 4 is 11.6 Å². The van der Waals surface area contributed by atoms with Gasteiger partial charge in [0.15, 0.2) is 0 Å². The number of carbonyl (C=O) groups excluding carboxylic acids is 1. The summed E-state index contributed by atoms with van der Waals surface area (Å²) in [5.41, 5.74) is 6.18. The van der Waals surface area contributed by atoms with Crippen molar-refractivity contribution in [3.63, 3.8) is 0 Å². The molecule has 106 valence electrons. The molecule has 0 radical (unpaired) electrons. The number of imidazole rings is 1. The van der Waals surface area contributed by atoms with Gasteiger partial charge in [0.1, 0.15) is 18.2 Å². The highest BCUT2D eigenvalue weighted by atomic mass is 16.5. The van der Waals surface area contributed by atoms with E-state index in [9.17, 15) is 4.79 Å². The zero-order chi connectivity index (χ0) is 14.5. The van der Waals surface area contributed by atoms with Gasteiger partial charge in [0, 0.05) is 25.1 Å². The quantitative estimate of drug-likeness (QED) is 0.860. The minimum Gasteiger partial charge on any atom is -0.486 e. The number of aryl methyl sites for hydroxylation is 1. The molecule has 2 aromatic rings. The van der Waals surface area contributed by atoms with Crippen LogP contribution in [-0.4, -0.2) is 21.5 Å². The summed E-state index contributed by atoms with van der Waals surface area (Å²) in [4.78, 5) is 15.6. The maximum atomic E-state index is 11.4. The average molecular weight is 274 g/mol. The van der Waals surface area contributed by atoms with Gasteiger partial charge in [0.2, 0.25) is 5.91 Å². The molecule has 1 aromatic heterocycles. The van der Waals surface area contributed by atoms with Crippen LogP contribution in [0.1, 0.15) is 12.7 Å². The first-order valence-corrected chi connectivity index (χ1v) is 6.32. The van der Waals surface area contributed by atoms with Crippen LogP contribution in [0.2, 0.25) is 0 Å². The Morgan fingerprint density at radius 3 is 2.70 bits per heavy atom. The Kier molecular flexibility index (Phi) is 4.37. The van der Waals surface area contributed by atoms with Crippen molar-refractivity contribution in [1.82, 2.24) is 9.55 Å². The van der Waals surface area contributed by atoms with Crippen LogP contribution < -0.4 is 15.8 Å². The number of nitrogens with zero attached hydrogens (tertiary/aromatic N) is 2. The first-order chi connectivity index (χ1) is 9.56. The smallest absolute Gasteiger partial charge is 0.240 e. The summed E-state index contributed by atoms with van der Waals surface area (Å²) in [5.74, 6) is 1.35. The molecule has 1 atom stereocenters. The van der Waals surface area contributed by atoms with Gasteiger partial charge in [0.05, 0.1) is 6.04 Å². The molecule has 0 spiro atoms. The summed E-state index contributed by atoms with van der Waals surface area (Å²) >= 11 is 0. The maximum Gasteiger partial charge on any atom is 0.240 e. The van der Waals surface area contributed by atoms with Crippen LogP contribution in [0.3, 0.4) is 0 Å². The zero-order valence-corrected chi connectivity index (χ0v) is 11.5. The van der Waals surface area contributed by atoms with Crippen molar-refractivity contribution in [1.29, 1.82) is 0 Å². The summed E-state index contributed by atoms with van der Waals surface area (Å²) < 4.78 is 7.52. The molecule has 3 N–H and O–H groups in total. The first-order valence-electron chi connectivity index (χ1n) is 6.32. The normalized spacial score (nSPS) is 11.9. The molecule has 0 unspecified atom stereocenters. The zero-order valence-electron chi connectivity index (χ0n) is 11.5. The van der Waals surface area contributed by atoms with Crippen LogP contribution in [0, 0.1) is 0 Å². The van der Waals surface area contributed by atoms with E-state index in [1.807, 2.05) is 17.8 Å². The van der Waals surface area contributed by atoms with Gasteiger partial charge in [-0.1, -0.05) is 0 Å². The number of rotatable bonds is 5. The highest BCUT2D eigenvalue weighted by Crippen LogP contribution is 2.16. The van der Waals surface area contributed by atoms with Crippen LogP contribution in [-0.2, 0) is 18.4 Å². The monoisotopic (exact) mass is 274 g/mol. The third-order valence-corrected chi connectivity index (χ3v) is 2.82. The van der Waals surface area contributed by atoms with Gasteiger partial charge >= 0.3 is 0 Å². The lowest BCUT2D eigenvalue weighted by Crippen LogP contribution is -2.32. The van der Waals surface area contributed by atoms with Crippen molar-refractivity contribution in [3.05, 3.63) is 42.5 Å². The Balaban J connectivity index is 1.91. The number of hydrogen-bond donors (Lipinski definition) is 2. The molecule has 0 saturated carbocycles. The number of amides is 1. The maximum absolute atomic E-state index is 11.4. The number of aromatic nitrogens is 2. The third-order valence-electron chi connectivity index (χ3n) is 2.82. The van der Waals surface area contributed by atoms with Gasteiger partial charge in [-0.25, -0.2) is 4.98 Å². The van der Waals surface area contributed by atoms with E-state index in [0.717, 1.165) is 5.82 Å². The second-order valence-electron chi connectivity index (χ2n) is 4.55. The Bertz CT molecular complexity index is 575. The van der Waals surface area contributed by atoms with Gasteiger partial charge < -0.3 is 20.4 Å². The van der Waals surface area contributed by atoms with Gasteiger partial charge in [-0.15, -0.1) is 0 Å². The number of hydrogen-bond acceptors (Lipinski definition) is 4. The summed E-state index contributed by atoms with van der Waals surface area (Å²) in [6, 6.07) is 6.59. The molecule has 1 aromatic carbocycles. The van der Waals surface area contributed by atoms with Crippen molar-refractivity contribution in [2.75, 3.05) is 5.32 Å². The highest BCUT2D eigenvalue weighted by molar-refractivity contribution is 5.94. The molecular weight excluding hydrogens is 256 g/mol. The van der Waals surface area contributed by atoms with Crippen LogP contribution in [0.5, 0.6) is 5.75 Å². The van der Waals surface area contributed by atoms with E-state index in [4.69, 9.17) is 10.5 Å². The molecule has 6 nitrogen and oxygen atoms in total. The standard InChI is InChI=1S/C14H18N4O2/c1-10(15)14(19)17-11-3-5-12(6-4-11)20-9-13-16-7-8-18(13)2/h3-8,10H,9,15H2,1-2H3,(H,17,19)/t10-/m1/s1. The minimum absolute atomic E-state index is 0.216. The third kappa shape index (κ3) is 3.58. The van der Waals surface area contributed by atoms with Gasteiger partial charge in [0.25, 0.3) is 0 Å². The van der Waals surface area contributed by atoms with Crippen LogP contribution in [0.15, 0.2) is 36.7 Å². The van der Waals surface area contributed by atoms with Crippen LogP contribution in [0.4, 0.5) is 5.69 Å². The fourth-order valence-corrected chi connectivity index (χ4v) is 1.57. The molecule has 20 heavy (non-hydrogen) atoms. The SMILES string of the molecule is C[C@@H](N)C(=O)Nc1ccc(OCc2nccn2C)cc1. The van der Waals surface area contributed by atoms with E-state index in [2.05, 4.69) is 10.3 Å². The average Bonchev–Trinajstić information content (AvgIpc) is 2.83. The summed E-state index contributed by atoms with van der Waals surface area (Å²) in [5, 5.41) is 2.71. The van der Waals surface area contributed by atoms with E-state index in [-0.39, 0.29) is 5.91 Å². The Morgan fingerprint density at radius 1 is 1.45 bits per heavy atom. The number of ether oxygens (including phenoxy) is 1. The molecule has 1 heterocycles. The lowest BCUT2D eigenvalue weighted by atomic mass is 10.2. The van der Waals surface area contributed by atoms with E-state index in [0.29, 0.717) is 18.0 Å². The topological polar surface area (TPSA) is 82.2 Å². The number of nitrogens with two attached hydrogens (primary N) is 1. The molecule has 0 aliphatic heterocycles. The number of anilines is 1. The Labute approximate surface area is 117 Å². The lowest BCUT2D eigenvalue weighted by Gasteiger charge is -2.09. The van der Waals surface area contributed by atoms with Crippen molar-refractivity contribution in [2.24, 2.45) is 12.8 Å². The van der Waals surface area contributed by atoms with Gasteiger partial charge in [-0.3, -0.25) is 4.79 Å². The van der Waals surface area contributed by atoms with Crippen molar-refractivity contribution in [3.8, 4) is 5.75 Å². The van der Waals surface area contributed by atoms with E-state index in [1.54, 1.807) is 37.4 Å². The molecular formula is C14H18N4O2. The molecule has 0 bridgehead atoms. The van der Waals surface area contributed by atoms with Gasteiger partial charge in [-0.05, 0) is 31.2 Å². The fraction of sp³-hybridized carbons (Fsp3) is 0.286. The first kappa shape index (κ1) is 14.1. The molecule has 1 amide bonds. The molecule has 0 aliphatic carbocycles.